The molecule has 4 aromatic rings. The molecule has 4 nitrogen and oxygen atoms in total. The maximum absolute atomic E-state index is 4.84. The molecular weight excluding hydrogens is 320 g/mol. The molecule has 1 aliphatic rings. The Morgan fingerprint density at radius 1 is 0.846 bits per heavy atom. The van der Waals surface area contributed by atoms with Gasteiger partial charge in [0.15, 0.2) is 0 Å². The zero-order valence-corrected chi connectivity index (χ0v) is 14.7. The SMILES string of the molecule is c1ccc2nc(N3CCN(Cc4c[nH]c5ccccc45)CC3)ccc2c1. The highest BCUT2D eigenvalue weighted by Gasteiger charge is 2.19. The van der Waals surface area contributed by atoms with Crippen molar-refractivity contribution in [1.29, 1.82) is 0 Å². The molecule has 3 heterocycles. The van der Waals surface area contributed by atoms with Crippen LogP contribution in [-0.2, 0) is 6.54 Å². The lowest BCUT2D eigenvalue weighted by atomic mass is 10.1. The summed E-state index contributed by atoms with van der Waals surface area (Å²) in [5, 5.41) is 2.54. The Bertz CT molecular complexity index is 1040. The maximum Gasteiger partial charge on any atom is 0.129 e. The van der Waals surface area contributed by atoms with Crippen LogP contribution in [0.15, 0.2) is 66.9 Å². The van der Waals surface area contributed by atoms with Crippen LogP contribution < -0.4 is 4.90 Å². The number of hydrogen-bond acceptors (Lipinski definition) is 3. The molecule has 4 heteroatoms. The smallest absolute Gasteiger partial charge is 0.129 e. The summed E-state index contributed by atoms with van der Waals surface area (Å²) in [7, 11) is 0. The summed E-state index contributed by atoms with van der Waals surface area (Å²) in [5.41, 5.74) is 3.69. The molecule has 0 saturated carbocycles. The summed E-state index contributed by atoms with van der Waals surface area (Å²) in [6, 6.07) is 21.2. The summed E-state index contributed by atoms with van der Waals surface area (Å²) in [6.07, 6.45) is 2.15. The molecule has 0 amide bonds. The molecule has 130 valence electrons. The largest absolute Gasteiger partial charge is 0.361 e. The van der Waals surface area contributed by atoms with E-state index in [4.69, 9.17) is 4.98 Å². The highest BCUT2D eigenvalue weighted by atomic mass is 15.3. The molecule has 1 saturated heterocycles. The Kier molecular flexibility index (Phi) is 3.83. The van der Waals surface area contributed by atoms with Crippen LogP contribution in [0.4, 0.5) is 5.82 Å². The third-order valence-electron chi connectivity index (χ3n) is 5.35. The molecule has 0 unspecified atom stereocenters. The molecule has 5 rings (SSSR count). The molecule has 1 aliphatic heterocycles. The van der Waals surface area contributed by atoms with Crippen LogP contribution in [0.2, 0.25) is 0 Å². The fourth-order valence-corrected chi connectivity index (χ4v) is 3.87. The minimum atomic E-state index is 1.00. The van der Waals surface area contributed by atoms with E-state index in [0.29, 0.717) is 0 Å². The van der Waals surface area contributed by atoms with E-state index >= 15 is 0 Å². The second kappa shape index (κ2) is 6.46. The van der Waals surface area contributed by atoms with Gasteiger partial charge in [0.1, 0.15) is 5.82 Å². The summed E-state index contributed by atoms with van der Waals surface area (Å²) in [5.74, 6) is 1.09. The normalized spacial score (nSPS) is 15.8. The molecule has 0 radical (unpaired) electrons. The van der Waals surface area contributed by atoms with E-state index in [0.717, 1.165) is 44.1 Å². The quantitative estimate of drug-likeness (QED) is 0.610. The van der Waals surface area contributed by atoms with Crippen molar-refractivity contribution >= 4 is 27.6 Å². The summed E-state index contributed by atoms with van der Waals surface area (Å²) in [4.78, 5) is 13.2. The fourth-order valence-electron chi connectivity index (χ4n) is 3.87. The number of fused-ring (bicyclic) bond motifs is 2. The number of nitrogens with zero attached hydrogens (tertiary/aromatic N) is 3. The first-order valence-electron chi connectivity index (χ1n) is 9.25. The van der Waals surface area contributed by atoms with Gasteiger partial charge in [0.25, 0.3) is 0 Å². The second-order valence-corrected chi connectivity index (χ2v) is 6.98. The average Bonchev–Trinajstić information content (AvgIpc) is 3.11. The minimum absolute atomic E-state index is 1.00. The van der Waals surface area contributed by atoms with Crippen molar-refractivity contribution in [3.8, 4) is 0 Å². The number of para-hydroxylation sites is 2. The lowest BCUT2D eigenvalue weighted by Gasteiger charge is -2.35. The Labute approximate surface area is 153 Å². The summed E-state index contributed by atoms with van der Waals surface area (Å²) >= 11 is 0. The molecule has 0 bridgehead atoms. The number of H-pyrrole nitrogens is 1. The molecule has 26 heavy (non-hydrogen) atoms. The van der Waals surface area contributed by atoms with Gasteiger partial charge in [0, 0.05) is 55.2 Å². The van der Waals surface area contributed by atoms with Crippen molar-refractivity contribution in [3.05, 3.63) is 72.4 Å². The highest BCUT2D eigenvalue weighted by molar-refractivity contribution is 5.83. The number of benzene rings is 2. The van der Waals surface area contributed by atoms with Crippen molar-refractivity contribution in [2.75, 3.05) is 31.1 Å². The van der Waals surface area contributed by atoms with E-state index in [2.05, 4.69) is 81.6 Å². The number of piperazine rings is 1. The van der Waals surface area contributed by atoms with Crippen LogP contribution in [0.1, 0.15) is 5.56 Å². The fraction of sp³-hybridized carbons (Fsp3) is 0.227. The lowest BCUT2D eigenvalue weighted by Crippen LogP contribution is -2.46. The molecule has 0 aliphatic carbocycles. The Morgan fingerprint density at radius 3 is 2.58 bits per heavy atom. The molecule has 2 aromatic carbocycles. The van der Waals surface area contributed by atoms with Crippen molar-refractivity contribution < 1.29 is 0 Å². The van der Waals surface area contributed by atoms with Gasteiger partial charge in [-0.25, -0.2) is 4.98 Å². The summed E-state index contributed by atoms with van der Waals surface area (Å²) in [6.45, 7) is 5.17. The van der Waals surface area contributed by atoms with Crippen LogP contribution in [0, 0.1) is 0 Å². The number of hydrogen-bond donors (Lipinski definition) is 1. The highest BCUT2D eigenvalue weighted by Crippen LogP contribution is 2.22. The van der Waals surface area contributed by atoms with Crippen LogP contribution >= 0.6 is 0 Å². The standard InChI is InChI=1S/C22H22N4/c1-3-7-20-17(5-1)9-10-22(24-20)26-13-11-25(12-14-26)16-18-15-23-21-8-4-2-6-19(18)21/h1-10,15,23H,11-14,16H2. The topological polar surface area (TPSA) is 35.2 Å². The van der Waals surface area contributed by atoms with Gasteiger partial charge in [-0.1, -0.05) is 36.4 Å². The van der Waals surface area contributed by atoms with Gasteiger partial charge in [0.2, 0.25) is 0 Å². The maximum atomic E-state index is 4.84. The van der Waals surface area contributed by atoms with Crippen molar-refractivity contribution in [2.45, 2.75) is 6.54 Å². The van der Waals surface area contributed by atoms with Gasteiger partial charge < -0.3 is 9.88 Å². The van der Waals surface area contributed by atoms with Gasteiger partial charge in [-0.3, -0.25) is 4.90 Å². The molecule has 1 fully saturated rings. The monoisotopic (exact) mass is 342 g/mol. The Morgan fingerprint density at radius 2 is 1.65 bits per heavy atom. The van der Waals surface area contributed by atoms with E-state index in [1.54, 1.807) is 0 Å². The number of nitrogens with one attached hydrogen (secondary N) is 1. The first kappa shape index (κ1) is 15.4. The van der Waals surface area contributed by atoms with Crippen LogP contribution in [-0.4, -0.2) is 41.0 Å². The molecule has 1 N–H and O–H groups in total. The molecule has 0 atom stereocenters. The van der Waals surface area contributed by atoms with Crippen LogP contribution in [0.3, 0.4) is 0 Å². The molecule has 2 aromatic heterocycles. The predicted molar refractivity (Wildman–Crippen MR) is 108 cm³/mol. The third kappa shape index (κ3) is 2.82. The van der Waals surface area contributed by atoms with Crippen molar-refractivity contribution in [2.24, 2.45) is 0 Å². The van der Waals surface area contributed by atoms with Gasteiger partial charge in [-0.2, -0.15) is 0 Å². The predicted octanol–water partition coefficient (Wildman–Crippen LogP) is 4.04. The van der Waals surface area contributed by atoms with Crippen LogP contribution in [0.25, 0.3) is 21.8 Å². The summed E-state index contributed by atoms with van der Waals surface area (Å²) < 4.78 is 0. The van der Waals surface area contributed by atoms with Gasteiger partial charge in [-0.05, 0) is 29.8 Å². The van der Waals surface area contributed by atoms with Gasteiger partial charge >= 0.3 is 0 Å². The number of aromatic nitrogens is 2. The van der Waals surface area contributed by atoms with E-state index in [1.165, 1.54) is 21.9 Å². The zero-order chi connectivity index (χ0) is 17.3. The van der Waals surface area contributed by atoms with Gasteiger partial charge in [0.05, 0.1) is 5.52 Å². The number of rotatable bonds is 3. The first-order chi connectivity index (χ1) is 12.9. The lowest BCUT2D eigenvalue weighted by molar-refractivity contribution is 0.250. The van der Waals surface area contributed by atoms with Crippen molar-refractivity contribution in [3.63, 3.8) is 0 Å². The number of anilines is 1. The third-order valence-corrected chi connectivity index (χ3v) is 5.35. The van der Waals surface area contributed by atoms with E-state index in [9.17, 15) is 0 Å². The Balaban J connectivity index is 1.28. The first-order valence-corrected chi connectivity index (χ1v) is 9.25. The molecule has 0 spiro atoms. The minimum Gasteiger partial charge on any atom is -0.361 e. The number of aromatic amines is 1. The van der Waals surface area contributed by atoms with Crippen molar-refractivity contribution in [1.82, 2.24) is 14.9 Å². The van der Waals surface area contributed by atoms with Crippen LogP contribution in [0.5, 0.6) is 0 Å². The zero-order valence-electron chi connectivity index (χ0n) is 14.7. The Hall–Kier alpha value is -2.85. The van der Waals surface area contributed by atoms with Gasteiger partial charge in [-0.15, -0.1) is 0 Å². The second-order valence-electron chi connectivity index (χ2n) is 6.98. The van der Waals surface area contributed by atoms with E-state index in [-0.39, 0.29) is 0 Å². The van der Waals surface area contributed by atoms with E-state index < -0.39 is 0 Å². The molecular formula is C22H22N4. The van der Waals surface area contributed by atoms with E-state index in [1.807, 2.05) is 0 Å². The number of pyridine rings is 1. The average molecular weight is 342 g/mol.